The van der Waals surface area contributed by atoms with Crippen molar-refractivity contribution in [3.8, 4) is 0 Å². The van der Waals surface area contributed by atoms with Crippen LogP contribution in [0.25, 0.3) is 0 Å². The van der Waals surface area contributed by atoms with Gasteiger partial charge in [0.05, 0.1) is 12.1 Å². The Morgan fingerprint density at radius 2 is 2.00 bits per heavy atom. The van der Waals surface area contributed by atoms with E-state index in [1.165, 1.54) is 5.56 Å². The van der Waals surface area contributed by atoms with Gasteiger partial charge in [0.2, 0.25) is 0 Å². The Hall–Kier alpha value is -1.84. The van der Waals surface area contributed by atoms with E-state index in [4.69, 9.17) is 4.74 Å². The first-order valence-corrected chi connectivity index (χ1v) is 7.18. The third-order valence-corrected chi connectivity index (χ3v) is 4.22. The van der Waals surface area contributed by atoms with Crippen molar-refractivity contribution in [1.29, 1.82) is 0 Å². The van der Waals surface area contributed by atoms with Gasteiger partial charge in [0.25, 0.3) is 0 Å². The van der Waals surface area contributed by atoms with Gasteiger partial charge in [-0.05, 0) is 11.5 Å². The van der Waals surface area contributed by atoms with Crippen molar-refractivity contribution in [3.63, 3.8) is 0 Å². The molecule has 1 aromatic carbocycles. The number of aliphatic imine (C=N–C) groups is 1. The number of amides is 1. The molecule has 1 aromatic rings. The SMILES string of the molecule is CC(C)[C@H]1COC(=O)N1C1=N[C@@H](c2ccccc2)[C@H]1C. The topological polar surface area (TPSA) is 41.9 Å². The predicted octanol–water partition coefficient (Wildman–Crippen LogP) is 3.25. The van der Waals surface area contributed by atoms with Crippen LogP contribution >= 0.6 is 0 Å². The Morgan fingerprint density at radius 3 is 2.60 bits per heavy atom. The second-order valence-corrected chi connectivity index (χ2v) is 5.89. The largest absolute Gasteiger partial charge is 0.447 e. The zero-order valence-electron chi connectivity index (χ0n) is 12.1. The highest BCUT2D eigenvalue weighted by molar-refractivity contribution is 6.01. The second-order valence-electron chi connectivity index (χ2n) is 5.89. The molecule has 20 heavy (non-hydrogen) atoms. The zero-order chi connectivity index (χ0) is 14.3. The van der Waals surface area contributed by atoms with Gasteiger partial charge >= 0.3 is 6.09 Å². The molecule has 0 spiro atoms. The molecule has 3 atom stereocenters. The molecule has 0 aliphatic carbocycles. The molecule has 1 amide bonds. The number of hydrogen-bond acceptors (Lipinski definition) is 3. The van der Waals surface area contributed by atoms with Gasteiger partial charge in [0.15, 0.2) is 0 Å². The number of nitrogens with zero attached hydrogens (tertiary/aromatic N) is 2. The Bertz CT molecular complexity index is 539. The van der Waals surface area contributed by atoms with Crippen molar-refractivity contribution in [2.45, 2.75) is 32.9 Å². The Morgan fingerprint density at radius 1 is 1.30 bits per heavy atom. The highest BCUT2D eigenvalue weighted by Crippen LogP contribution is 2.39. The number of benzene rings is 1. The number of rotatable bonds is 2. The summed E-state index contributed by atoms with van der Waals surface area (Å²) in [6.07, 6.45) is -0.249. The number of amidine groups is 1. The van der Waals surface area contributed by atoms with Gasteiger partial charge < -0.3 is 4.74 Å². The number of carbonyl (C=O) groups is 1. The van der Waals surface area contributed by atoms with Gasteiger partial charge in [-0.15, -0.1) is 0 Å². The van der Waals surface area contributed by atoms with Crippen LogP contribution in [0.4, 0.5) is 4.79 Å². The molecule has 4 nitrogen and oxygen atoms in total. The van der Waals surface area contributed by atoms with Gasteiger partial charge in [-0.25, -0.2) is 4.79 Å². The average Bonchev–Trinajstić information content (AvgIpc) is 2.81. The van der Waals surface area contributed by atoms with E-state index in [-0.39, 0.29) is 24.1 Å². The van der Waals surface area contributed by atoms with E-state index >= 15 is 0 Å². The molecule has 0 radical (unpaired) electrons. The number of ether oxygens (including phenoxy) is 1. The standard InChI is InChI=1S/C16H20N2O2/c1-10(2)13-9-20-16(19)18(13)15-11(3)14(17-15)12-7-5-4-6-8-12/h4-8,10-11,13-14H,9H2,1-3H3/t11-,13-,14-/m1/s1. The summed E-state index contributed by atoms with van der Waals surface area (Å²) in [5.74, 6) is 1.50. The summed E-state index contributed by atoms with van der Waals surface area (Å²) in [6, 6.07) is 10.5. The Labute approximate surface area is 119 Å². The molecular formula is C16H20N2O2. The van der Waals surface area contributed by atoms with Gasteiger partial charge in [0.1, 0.15) is 12.4 Å². The Kier molecular flexibility index (Phi) is 3.24. The van der Waals surface area contributed by atoms with Gasteiger partial charge in [-0.1, -0.05) is 51.1 Å². The molecule has 0 N–H and O–H groups in total. The lowest BCUT2D eigenvalue weighted by Gasteiger charge is -2.38. The molecule has 2 heterocycles. The lowest BCUT2D eigenvalue weighted by Crippen LogP contribution is -2.49. The Balaban J connectivity index is 1.84. The van der Waals surface area contributed by atoms with E-state index in [9.17, 15) is 4.79 Å². The normalized spacial score (nSPS) is 29.2. The maximum Gasteiger partial charge on any atom is 0.415 e. The van der Waals surface area contributed by atoms with Crippen LogP contribution in [0.3, 0.4) is 0 Å². The molecule has 4 heteroatoms. The third kappa shape index (κ3) is 1.99. The van der Waals surface area contributed by atoms with E-state index in [0.717, 1.165) is 5.84 Å². The summed E-state index contributed by atoms with van der Waals surface area (Å²) >= 11 is 0. The van der Waals surface area contributed by atoms with Crippen LogP contribution in [0.1, 0.15) is 32.4 Å². The molecular weight excluding hydrogens is 252 g/mol. The molecule has 2 aliphatic rings. The number of carbonyl (C=O) groups excluding carboxylic acids is 1. The lowest BCUT2D eigenvalue weighted by molar-refractivity contribution is 0.167. The minimum atomic E-state index is -0.249. The van der Waals surface area contributed by atoms with E-state index in [1.54, 1.807) is 4.90 Å². The first-order chi connectivity index (χ1) is 9.59. The summed E-state index contributed by atoms with van der Waals surface area (Å²) in [4.78, 5) is 18.4. The highest BCUT2D eigenvalue weighted by Gasteiger charge is 2.45. The van der Waals surface area contributed by atoms with E-state index < -0.39 is 0 Å². The van der Waals surface area contributed by atoms with Crippen LogP contribution in [0.5, 0.6) is 0 Å². The van der Waals surface area contributed by atoms with Crippen molar-refractivity contribution >= 4 is 11.9 Å². The van der Waals surface area contributed by atoms with Crippen molar-refractivity contribution in [2.75, 3.05) is 6.61 Å². The van der Waals surface area contributed by atoms with E-state index in [2.05, 4.69) is 37.9 Å². The molecule has 106 valence electrons. The molecule has 0 unspecified atom stereocenters. The molecule has 0 bridgehead atoms. The van der Waals surface area contributed by atoms with Crippen molar-refractivity contribution in [1.82, 2.24) is 4.90 Å². The van der Waals surface area contributed by atoms with Crippen LogP contribution in [0.2, 0.25) is 0 Å². The first kappa shape index (κ1) is 13.2. The lowest BCUT2D eigenvalue weighted by atomic mass is 9.87. The van der Waals surface area contributed by atoms with Gasteiger partial charge in [-0.3, -0.25) is 9.89 Å². The number of cyclic esters (lactones) is 1. The van der Waals surface area contributed by atoms with Crippen LogP contribution in [-0.4, -0.2) is 29.5 Å². The molecule has 2 aliphatic heterocycles. The highest BCUT2D eigenvalue weighted by atomic mass is 16.6. The van der Waals surface area contributed by atoms with E-state index in [1.807, 2.05) is 18.2 Å². The first-order valence-electron chi connectivity index (χ1n) is 7.18. The van der Waals surface area contributed by atoms with Crippen LogP contribution in [0.15, 0.2) is 35.3 Å². The summed E-state index contributed by atoms with van der Waals surface area (Å²) in [5, 5.41) is 0. The fraction of sp³-hybridized carbons (Fsp3) is 0.500. The minimum absolute atomic E-state index is 0.112. The van der Waals surface area contributed by atoms with Crippen LogP contribution in [0, 0.1) is 11.8 Å². The van der Waals surface area contributed by atoms with Crippen molar-refractivity contribution < 1.29 is 9.53 Å². The van der Waals surface area contributed by atoms with Crippen molar-refractivity contribution in [3.05, 3.63) is 35.9 Å². The van der Waals surface area contributed by atoms with Gasteiger partial charge in [-0.2, -0.15) is 0 Å². The average molecular weight is 272 g/mol. The molecule has 3 rings (SSSR count). The third-order valence-electron chi connectivity index (χ3n) is 4.22. The molecule has 0 saturated carbocycles. The van der Waals surface area contributed by atoms with Gasteiger partial charge in [0, 0.05) is 5.92 Å². The maximum atomic E-state index is 11.9. The fourth-order valence-electron chi connectivity index (χ4n) is 2.92. The van der Waals surface area contributed by atoms with Crippen LogP contribution < -0.4 is 0 Å². The van der Waals surface area contributed by atoms with Crippen LogP contribution in [-0.2, 0) is 4.74 Å². The summed E-state index contributed by atoms with van der Waals surface area (Å²) < 4.78 is 5.19. The number of hydrogen-bond donors (Lipinski definition) is 0. The fourth-order valence-corrected chi connectivity index (χ4v) is 2.92. The predicted molar refractivity (Wildman–Crippen MR) is 77.6 cm³/mol. The maximum absolute atomic E-state index is 11.9. The van der Waals surface area contributed by atoms with E-state index in [0.29, 0.717) is 12.5 Å². The zero-order valence-corrected chi connectivity index (χ0v) is 12.1. The monoisotopic (exact) mass is 272 g/mol. The quantitative estimate of drug-likeness (QED) is 0.829. The minimum Gasteiger partial charge on any atom is -0.447 e. The molecule has 1 fully saturated rings. The summed E-state index contributed by atoms with van der Waals surface area (Å²) in [6.45, 7) is 6.82. The summed E-state index contributed by atoms with van der Waals surface area (Å²) in [5.41, 5.74) is 1.21. The molecule has 1 saturated heterocycles. The summed E-state index contributed by atoms with van der Waals surface area (Å²) in [7, 11) is 0. The second kappa shape index (κ2) is 4.93. The van der Waals surface area contributed by atoms with Crippen molar-refractivity contribution in [2.24, 2.45) is 16.8 Å². The molecule has 0 aromatic heterocycles. The smallest absolute Gasteiger partial charge is 0.415 e.